The van der Waals surface area contributed by atoms with Crippen LogP contribution in [-0.4, -0.2) is 9.97 Å². The van der Waals surface area contributed by atoms with Crippen LogP contribution < -0.4 is 0 Å². The molecule has 0 unspecified atom stereocenters. The van der Waals surface area contributed by atoms with Gasteiger partial charge in [0.2, 0.25) is 0 Å². The molecule has 2 nitrogen and oxygen atoms in total. The Hall–Kier alpha value is -1.36. The van der Waals surface area contributed by atoms with E-state index >= 15 is 0 Å². The van der Waals surface area contributed by atoms with Gasteiger partial charge < -0.3 is 0 Å². The van der Waals surface area contributed by atoms with Crippen LogP contribution in [0.15, 0.2) is 18.6 Å². The zero-order valence-electron chi connectivity index (χ0n) is 4.20. The first-order chi connectivity index (χ1) is 3.93. The van der Waals surface area contributed by atoms with E-state index in [0.717, 1.165) is 0 Å². The van der Waals surface area contributed by atoms with Gasteiger partial charge in [0, 0.05) is 12.4 Å². The third-order valence-corrected chi connectivity index (χ3v) is 0.711. The summed E-state index contributed by atoms with van der Waals surface area (Å²) < 4.78 is 0. The first-order valence-corrected chi connectivity index (χ1v) is 2.16. The van der Waals surface area contributed by atoms with Gasteiger partial charge in [-0.3, -0.25) is 4.98 Å². The molecule has 0 fully saturated rings. The molecule has 1 aromatic heterocycles. The van der Waals surface area contributed by atoms with Gasteiger partial charge in [-0.05, 0) is 5.92 Å². The molecule has 0 saturated heterocycles. The number of terminal acetylenes is 1. The van der Waals surface area contributed by atoms with Crippen molar-refractivity contribution in [1.29, 1.82) is 0 Å². The summed E-state index contributed by atoms with van der Waals surface area (Å²) in [7, 11) is 0. The van der Waals surface area contributed by atoms with Gasteiger partial charge in [-0.25, -0.2) is 4.98 Å². The third-order valence-electron chi connectivity index (χ3n) is 0.711. The maximum absolute atomic E-state index is 5.00. The topological polar surface area (TPSA) is 25.8 Å². The lowest BCUT2D eigenvalue weighted by Gasteiger charge is -1.81. The van der Waals surface area contributed by atoms with E-state index in [1.54, 1.807) is 18.6 Å². The highest BCUT2D eigenvalue weighted by atomic mass is 14.7. The fraction of sp³-hybridized carbons (Fsp3) is 0. The van der Waals surface area contributed by atoms with Crippen molar-refractivity contribution >= 4 is 0 Å². The van der Waals surface area contributed by atoms with Gasteiger partial charge in [0.1, 0.15) is 5.69 Å². The van der Waals surface area contributed by atoms with Crippen molar-refractivity contribution in [1.82, 2.24) is 9.97 Å². The summed E-state index contributed by atoms with van der Waals surface area (Å²) in [6, 6.07) is 0. The average Bonchev–Trinajstić information content (AvgIpc) is 1.90. The lowest BCUT2D eigenvalue weighted by atomic mass is 10.5. The predicted molar refractivity (Wildman–Crippen MR) is 30.0 cm³/mol. The number of hydrogen-bond donors (Lipinski definition) is 0. The summed E-state index contributed by atoms with van der Waals surface area (Å²) in [6.07, 6.45) is 9.69. The van der Waals surface area contributed by atoms with Crippen molar-refractivity contribution in [3.8, 4) is 12.3 Å². The first kappa shape index (κ1) is 4.79. The second-order valence-corrected chi connectivity index (χ2v) is 1.23. The van der Waals surface area contributed by atoms with Crippen molar-refractivity contribution in [2.75, 3.05) is 0 Å². The first-order valence-electron chi connectivity index (χ1n) is 2.16. The van der Waals surface area contributed by atoms with Crippen LogP contribution in [-0.2, 0) is 0 Å². The minimum Gasteiger partial charge on any atom is -0.260 e. The molecule has 0 radical (unpaired) electrons. The van der Waals surface area contributed by atoms with Crippen LogP contribution in [0.2, 0.25) is 0 Å². The smallest absolute Gasteiger partial charge is 0.131 e. The number of rotatable bonds is 0. The fourth-order valence-corrected chi connectivity index (χ4v) is 0.374. The maximum atomic E-state index is 5.00. The van der Waals surface area contributed by atoms with Gasteiger partial charge in [-0.2, -0.15) is 0 Å². The SMILES string of the molecule is C#Cc1cnccn1. The van der Waals surface area contributed by atoms with Crippen molar-refractivity contribution in [2.24, 2.45) is 0 Å². The van der Waals surface area contributed by atoms with Gasteiger partial charge in [0.05, 0.1) is 6.20 Å². The Kier molecular flexibility index (Phi) is 1.25. The summed E-state index contributed by atoms with van der Waals surface area (Å²) in [5, 5.41) is 0. The molecule has 0 spiro atoms. The van der Waals surface area contributed by atoms with Gasteiger partial charge >= 0.3 is 0 Å². The van der Waals surface area contributed by atoms with Crippen molar-refractivity contribution in [3.05, 3.63) is 24.3 Å². The van der Waals surface area contributed by atoms with E-state index in [0.29, 0.717) is 5.69 Å². The van der Waals surface area contributed by atoms with Crippen LogP contribution in [0.5, 0.6) is 0 Å². The van der Waals surface area contributed by atoms with Crippen LogP contribution in [0.25, 0.3) is 0 Å². The minimum absolute atomic E-state index is 0.576. The normalized spacial score (nSPS) is 7.88. The molecule has 1 heterocycles. The molecular weight excluding hydrogens is 100 g/mol. The van der Waals surface area contributed by atoms with Crippen LogP contribution in [0.1, 0.15) is 5.69 Å². The molecule has 8 heavy (non-hydrogen) atoms. The Morgan fingerprint density at radius 3 is 2.75 bits per heavy atom. The maximum Gasteiger partial charge on any atom is 0.131 e. The quantitative estimate of drug-likeness (QED) is 0.447. The molecule has 0 aliphatic rings. The predicted octanol–water partition coefficient (Wildman–Crippen LogP) is 0.458. The van der Waals surface area contributed by atoms with Crippen molar-refractivity contribution < 1.29 is 0 Å². The highest BCUT2D eigenvalue weighted by Crippen LogP contribution is 1.82. The zero-order chi connectivity index (χ0) is 5.82. The van der Waals surface area contributed by atoms with Crippen LogP contribution in [0.3, 0.4) is 0 Å². The van der Waals surface area contributed by atoms with Crippen LogP contribution in [0, 0.1) is 12.3 Å². The summed E-state index contributed by atoms with van der Waals surface area (Å²) in [5.74, 6) is 2.35. The van der Waals surface area contributed by atoms with E-state index in [2.05, 4.69) is 15.9 Å². The number of hydrogen-bond acceptors (Lipinski definition) is 2. The lowest BCUT2D eigenvalue weighted by Crippen LogP contribution is -1.79. The molecule has 0 atom stereocenters. The molecular formula is C6H4N2. The second kappa shape index (κ2) is 2.08. The molecule has 2 heteroatoms. The summed E-state index contributed by atoms with van der Waals surface area (Å²) in [5.41, 5.74) is 0.576. The molecule has 1 aromatic rings. The standard InChI is InChI=1S/C6H4N2/c1-2-6-5-7-3-4-8-6/h1,3-5H. The molecule has 0 aliphatic carbocycles. The Morgan fingerprint density at radius 2 is 2.38 bits per heavy atom. The Bertz CT molecular complexity index is 198. The van der Waals surface area contributed by atoms with E-state index in [1.165, 1.54) is 0 Å². The minimum atomic E-state index is 0.576. The molecule has 0 amide bonds. The third kappa shape index (κ3) is 0.824. The number of aromatic nitrogens is 2. The molecule has 38 valence electrons. The fourth-order valence-electron chi connectivity index (χ4n) is 0.374. The highest BCUT2D eigenvalue weighted by Gasteiger charge is 1.79. The van der Waals surface area contributed by atoms with E-state index in [9.17, 15) is 0 Å². The second-order valence-electron chi connectivity index (χ2n) is 1.23. The molecule has 0 N–H and O–H groups in total. The van der Waals surface area contributed by atoms with Crippen LogP contribution >= 0.6 is 0 Å². The Balaban J connectivity index is 3.05. The molecule has 1 rings (SSSR count). The van der Waals surface area contributed by atoms with Crippen LogP contribution in [0.4, 0.5) is 0 Å². The Morgan fingerprint density at radius 1 is 1.50 bits per heavy atom. The molecule has 0 aliphatic heterocycles. The summed E-state index contributed by atoms with van der Waals surface area (Å²) in [4.78, 5) is 7.55. The summed E-state index contributed by atoms with van der Waals surface area (Å²) >= 11 is 0. The van der Waals surface area contributed by atoms with E-state index in [1.807, 2.05) is 0 Å². The average molecular weight is 104 g/mol. The molecule has 0 saturated carbocycles. The lowest BCUT2D eigenvalue weighted by molar-refractivity contribution is 1.17. The van der Waals surface area contributed by atoms with Gasteiger partial charge in [-0.1, -0.05) is 0 Å². The van der Waals surface area contributed by atoms with Crippen molar-refractivity contribution in [2.45, 2.75) is 0 Å². The monoisotopic (exact) mass is 104 g/mol. The van der Waals surface area contributed by atoms with Crippen molar-refractivity contribution in [3.63, 3.8) is 0 Å². The van der Waals surface area contributed by atoms with E-state index in [-0.39, 0.29) is 0 Å². The van der Waals surface area contributed by atoms with Gasteiger partial charge in [0.25, 0.3) is 0 Å². The molecule has 0 bridgehead atoms. The Labute approximate surface area is 47.6 Å². The summed E-state index contributed by atoms with van der Waals surface area (Å²) in [6.45, 7) is 0. The largest absolute Gasteiger partial charge is 0.260 e. The highest BCUT2D eigenvalue weighted by molar-refractivity contribution is 5.19. The van der Waals surface area contributed by atoms with Gasteiger partial charge in [0.15, 0.2) is 0 Å². The molecule has 0 aromatic carbocycles. The van der Waals surface area contributed by atoms with E-state index < -0.39 is 0 Å². The van der Waals surface area contributed by atoms with Gasteiger partial charge in [-0.15, -0.1) is 6.42 Å². The zero-order valence-corrected chi connectivity index (χ0v) is 4.20. The van der Waals surface area contributed by atoms with E-state index in [4.69, 9.17) is 6.42 Å². The number of nitrogens with zero attached hydrogens (tertiary/aromatic N) is 2.